The Labute approximate surface area is 222 Å². The third-order valence-corrected chi connectivity index (χ3v) is 7.32. The molecule has 0 aliphatic rings. The third-order valence-electron chi connectivity index (χ3n) is 5.63. The minimum atomic E-state index is -0.697. The van der Waals surface area contributed by atoms with Crippen LogP contribution in [0.15, 0.2) is 72.8 Å². The van der Waals surface area contributed by atoms with Gasteiger partial charge < -0.3 is 10.2 Å². The van der Waals surface area contributed by atoms with Gasteiger partial charge in [-0.25, -0.2) is 0 Å². The molecule has 7 heteroatoms. The molecule has 35 heavy (non-hydrogen) atoms. The van der Waals surface area contributed by atoms with Crippen molar-refractivity contribution in [3.63, 3.8) is 0 Å². The molecule has 1 N–H and O–H groups in total. The summed E-state index contributed by atoms with van der Waals surface area (Å²) in [6.45, 7) is 4.54. The summed E-state index contributed by atoms with van der Waals surface area (Å²) in [7, 11) is 0. The van der Waals surface area contributed by atoms with Crippen LogP contribution in [0, 0.1) is 6.92 Å². The summed E-state index contributed by atoms with van der Waals surface area (Å²) < 4.78 is 0. The van der Waals surface area contributed by atoms with Crippen molar-refractivity contribution >= 4 is 46.8 Å². The minimum absolute atomic E-state index is 0.134. The van der Waals surface area contributed by atoms with Crippen LogP contribution >= 0.6 is 35.0 Å². The van der Waals surface area contributed by atoms with Crippen LogP contribution in [0.4, 0.5) is 0 Å². The highest BCUT2D eigenvalue weighted by atomic mass is 35.5. The predicted molar refractivity (Wildman–Crippen MR) is 147 cm³/mol. The summed E-state index contributed by atoms with van der Waals surface area (Å²) in [4.78, 5) is 28.4. The van der Waals surface area contributed by atoms with Crippen LogP contribution in [0.3, 0.4) is 0 Å². The van der Waals surface area contributed by atoms with E-state index >= 15 is 0 Å². The van der Waals surface area contributed by atoms with Crippen molar-refractivity contribution < 1.29 is 9.59 Å². The van der Waals surface area contributed by atoms with Crippen molar-refractivity contribution in [2.75, 3.05) is 12.3 Å². The number of benzene rings is 3. The van der Waals surface area contributed by atoms with Crippen LogP contribution in [0.25, 0.3) is 0 Å². The Morgan fingerprint density at radius 3 is 2.20 bits per heavy atom. The van der Waals surface area contributed by atoms with Crippen molar-refractivity contribution in [2.45, 2.75) is 38.6 Å². The number of nitrogens with one attached hydrogen (secondary N) is 1. The lowest BCUT2D eigenvalue weighted by atomic mass is 10.0. The summed E-state index contributed by atoms with van der Waals surface area (Å²) in [5, 5.41) is 3.84. The lowest BCUT2D eigenvalue weighted by molar-refractivity contribution is -0.139. The van der Waals surface area contributed by atoms with Gasteiger partial charge in [-0.05, 0) is 37.1 Å². The lowest BCUT2D eigenvalue weighted by Gasteiger charge is -2.32. The zero-order valence-corrected chi connectivity index (χ0v) is 22.3. The van der Waals surface area contributed by atoms with Gasteiger partial charge in [-0.15, -0.1) is 11.8 Å². The highest BCUT2D eigenvalue weighted by Gasteiger charge is 2.31. The van der Waals surface area contributed by atoms with Gasteiger partial charge in [-0.3, -0.25) is 9.59 Å². The smallest absolute Gasteiger partial charge is 0.243 e. The monoisotopic (exact) mass is 528 g/mol. The minimum Gasteiger partial charge on any atom is -0.355 e. The number of amides is 2. The molecule has 0 aromatic heterocycles. The molecule has 0 aliphatic carbocycles. The van der Waals surface area contributed by atoms with E-state index in [9.17, 15) is 9.59 Å². The van der Waals surface area contributed by atoms with Crippen molar-refractivity contribution in [1.82, 2.24) is 10.2 Å². The second kappa shape index (κ2) is 13.6. The third kappa shape index (κ3) is 8.03. The fourth-order valence-corrected chi connectivity index (χ4v) is 5.11. The fraction of sp³-hybridized carbons (Fsp3) is 0.286. The fourth-order valence-electron chi connectivity index (χ4n) is 3.72. The van der Waals surface area contributed by atoms with Gasteiger partial charge in [-0.2, -0.15) is 0 Å². The molecule has 1 atom stereocenters. The van der Waals surface area contributed by atoms with E-state index in [0.717, 1.165) is 11.1 Å². The van der Waals surface area contributed by atoms with Gasteiger partial charge in [0.05, 0.1) is 5.75 Å². The second-order valence-electron chi connectivity index (χ2n) is 8.30. The first-order valence-corrected chi connectivity index (χ1v) is 13.5. The number of carbonyl (C=O) groups is 2. The molecular weight excluding hydrogens is 499 g/mol. The Morgan fingerprint density at radius 1 is 0.914 bits per heavy atom. The average molecular weight is 530 g/mol. The second-order valence-corrected chi connectivity index (χ2v) is 10.1. The van der Waals surface area contributed by atoms with E-state index in [1.807, 2.05) is 44.2 Å². The number of likely N-dealkylation sites (N-methyl/N-ethyl adjacent to an activating group) is 1. The molecule has 0 spiro atoms. The Balaban J connectivity index is 1.86. The van der Waals surface area contributed by atoms with Crippen LogP contribution in [0.2, 0.25) is 10.0 Å². The molecule has 3 aromatic carbocycles. The largest absolute Gasteiger partial charge is 0.355 e. The SMILES string of the molecule is CCNC(=O)C(Cc1ccccc1)N(Cc1c(Cl)cccc1Cl)C(=O)CSCc1ccc(C)cc1. The van der Waals surface area contributed by atoms with Crippen LogP contribution in [0.5, 0.6) is 0 Å². The number of hydrogen-bond donors (Lipinski definition) is 1. The number of carbonyl (C=O) groups excluding carboxylic acids is 2. The maximum absolute atomic E-state index is 13.6. The van der Waals surface area contributed by atoms with Gasteiger partial charge >= 0.3 is 0 Å². The molecule has 184 valence electrons. The summed E-state index contributed by atoms with van der Waals surface area (Å²) in [6.07, 6.45) is 0.392. The van der Waals surface area contributed by atoms with Crippen LogP contribution < -0.4 is 5.32 Å². The standard InChI is InChI=1S/C28H30Cl2N2O2S/c1-3-31-28(34)26(16-21-8-5-4-6-9-21)32(17-23-24(29)10-7-11-25(23)30)27(33)19-35-18-22-14-12-20(2)13-15-22/h4-15,26H,3,16-19H2,1-2H3,(H,31,34). The van der Waals surface area contributed by atoms with Crippen molar-refractivity contribution in [3.8, 4) is 0 Å². The number of thioether (sulfide) groups is 1. The van der Waals surface area contributed by atoms with Gasteiger partial charge in [0.15, 0.2) is 0 Å². The van der Waals surface area contributed by atoms with Gasteiger partial charge in [0, 0.05) is 40.9 Å². The maximum atomic E-state index is 13.6. The van der Waals surface area contributed by atoms with E-state index < -0.39 is 6.04 Å². The molecule has 0 saturated heterocycles. The number of aryl methyl sites for hydroxylation is 1. The number of rotatable bonds is 11. The van der Waals surface area contributed by atoms with E-state index in [1.165, 1.54) is 17.3 Å². The molecule has 0 radical (unpaired) electrons. The Kier molecular flexibility index (Phi) is 10.5. The molecule has 1 unspecified atom stereocenters. The van der Waals surface area contributed by atoms with Crippen LogP contribution in [-0.4, -0.2) is 35.1 Å². The van der Waals surface area contributed by atoms with Gasteiger partial charge in [0.2, 0.25) is 11.8 Å². The zero-order valence-electron chi connectivity index (χ0n) is 20.0. The maximum Gasteiger partial charge on any atom is 0.243 e. The summed E-state index contributed by atoms with van der Waals surface area (Å²) in [5.74, 6) is 0.611. The zero-order chi connectivity index (χ0) is 25.2. The molecule has 0 bridgehead atoms. The van der Waals surface area contributed by atoms with Gasteiger partial charge in [-0.1, -0.05) is 89.4 Å². The first-order valence-electron chi connectivity index (χ1n) is 11.6. The van der Waals surface area contributed by atoms with Crippen LogP contribution in [0.1, 0.15) is 29.2 Å². The topological polar surface area (TPSA) is 49.4 Å². The highest BCUT2D eigenvalue weighted by Crippen LogP contribution is 2.28. The summed E-state index contributed by atoms with van der Waals surface area (Å²) in [5.41, 5.74) is 3.95. The molecule has 3 rings (SSSR count). The Morgan fingerprint density at radius 2 is 1.57 bits per heavy atom. The average Bonchev–Trinajstić information content (AvgIpc) is 2.85. The molecule has 0 fully saturated rings. The Hall–Kier alpha value is -2.47. The van der Waals surface area contributed by atoms with E-state index in [2.05, 4.69) is 29.6 Å². The predicted octanol–water partition coefficient (Wildman–Crippen LogP) is 6.31. The number of hydrogen-bond acceptors (Lipinski definition) is 3. The molecule has 2 amide bonds. The van der Waals surface area contributed by atoms with E-state index in [1.54, 1.807) is 23.1 Å². The molecule has 0 aliphatic heterocycles. The van der Waals surface area contributed by atoms with E-state index in [-0.39, 0.29) is 24.1 Å². The van der Waals surface area contributed by atoms with Crippen molar-refractivity contribution in [1.29, 1.82) is 0 Å². The normalized spacial score (nSPS) is 11.7. The quantitative estimate of drug-likeness (QED) is 0.317. The number of halogens is 2. The molecule has 0 saturated carbocycles. The molecule has 0 heterocycles. The number of nitrogens with zero attached hydrogens (tertiary/aromatic N) is 1. The van der Waals surface area contributed by atoms with Gasteiger partial charge in [0.1, 0.15) is 6.04 Å². The first-order chi connectivity index (χ1) is 16.9. The molecule has 3 aromatic rings. The van der Waals surface area contributed by atoms with E-state index in [0.29, 0.717) is 34.3 Å². The van der Waals surface area contributed by atoms with E-state index in [4.69, 9.17) is 23.2 Å². The van der Waals surface area contributed by atoms with Crippen molar-refractivity contribution in [3.05, 3.63) is 105 Å². The highest BCUT2D eigenvalue weighted by molar-refractivity contribution is 7.99. The lowest BCUT2D eigenvalue weighted by Crippen LogP contribution is -2.51. The molecular formula is C28H30Cl2N2O2S. The Bertz CT molecular complexity index is 1100. The molecule has 4 nitrogen and oxygen atoms in total. The summed E-state index contributed by atoms with van der Waals surface area (Å²) in [6, 6.07) is 22.5. The van der Waals surface area contributed by atoms with Crippen LogP contribution in [-0.2, 0) is 28.3 Å². The summed E-state index contributed by atoms with van der Waals surface area (Å²) >= 11 is 14.4. The van der Waals surface area contributed by atoms with Gasteiger partial charge in [0.25, 0.3) is 0 Å². The first kappa shape index (κ1) is 27.1. The van der Waals surface area contributed by atoms with Crippen molar-refractivity contribution in [2.24, 2.45) is 0 Å².